The van der Waals surface area contributed by atoms with Gasteiger partial charge in [-0.3, -0.25) is 4.79 Å². The largest absolute Gasteiger partial charge is 0.489 e. The zero-order chi connectivity index (χ0) is 33.2. The fraction of sp³-hybridized carbons (Fsp3) is 0.237. The maximum Gasteiger partial charge on any atom is 0.255 e. The number of halogens is 1. The number of carbonyl (C=O) groups is 1. The Hall–Kier alpha value is -4.53. The van der Waals surface area contributed by atoms with Crippen LogP contribution in [0, 0.1) is 34.6 Å². The van der Waals surface area contributed by atoms with Crippen molar-refractivity contribution in [2.75, 3.05) is 10.6 Å². The van der Waals surface area contributed by atoms with E-state index in [4.69, 9.17) is 26.4 Å². The molecule has 4 aromatic carbocycles. The molecule has 1 unspecified atom stereocenters. The first kappa shape index (κ1) is 32.4. The van der Waals surface area contributed by atoms with Gasteiger partial charge in [0, 0.05) is 22.2 Å². The van der Waals surface area contributed by atoms with Crippen LogP contribution in [0.3, 0.4) is 0 Å². The number of amides is 1. The Morgan fingerprint density at radius 1 is 0.894 bits per heavy atom. The Bertz CT molecular complexity index is 2000. The molecule has 2 N–H and O–H groups in total. The minimum absolute atomic E-state index is 0.203. The van der Waals surface area contributed by atoms with E-state index in [0.717, 1.165) is 39.3 Å². The van der Waals surface area contributed by atoms with Gasteiger partial charge in [0.15, 0.2) is 0 Å². The molecule has 0 radical (unpaired) electrons. The van der Waals surface area contributed by atoms with E-state index >= 15 is 0 Å². The summed E-state index contributed by atoms with van der Waals surface area (Å²) in [6.45, 7) is 12.8. The lowest BCUT2D eigenvalue weighted by Crippen LogP contribution is -2.31. The molecule has 0 spiro atoms. The molecule has 0 fully saturated rings. The van der Waals surface area contributed by atoms with Crippen LogP contribution in [-0.4, -0.2) is 20.7 Å². The van der Waals surface area contributed by atoms with Crippen molar-refractivity contribution >= 4 is 40.9 Å². The van der Waals surface area contributed by atoms with E-state index in [1.165, 1.54) is 28.5 Å². The Morgan fingerprint density at radius 3 is 2.40 bits per heavy atom. The number of allylic oxidation sites excluding steroid dienone is 1. The lowest BCUT2D eigenvalue weighted by Gasteiger charge is -2.29. The van der Waals surface area contributed by atoms with E-state index in [9.17, 15) is 4.79 Å². The number of nitrogens with one attached hydrogen (secondary N) is 2. The van der Waals surface area contributed by atoms with Crippen LogP contribution in [0.15, 0.2) is 95.3 Å². The standard InChI is InChI=1S/C38H38ClN5O2S/c1-22-10-9-13-33(26(22)5)41-36(45)34-27(6)40-37-42-38(47-21-29-11-7-8-12-32(29)39)43-44(37)35(34)28-14-16-31(17-15-28)46-20-30-19-24(3)23(2)18-25(30)4/h7-19,35H,20-21H2,1-6H3,(H,41,45)(H,40,42,43). The molecule has 2 heterocycles. The minimum atomic E-state index is -0.519. The average Bonchev–Trinajstić information content (AvgIpc) is 3.46. The molecule has 6 rings (SSSR count). The second-order valence-electron chi connectivity index (χ2n) is 12.0. The fourth-order valence-corrected chi connectivity index (χ4v) is 6.83. The number of fused-ring (bicyclic) bond motifs is 1. The Kier molecular flexibility index (Phi) is 9.43. The molecule has 0 saturated carbocycles. The molecule has 1 aliphatic heterocycles. The summed E-state index contributed by atoms with van der Waals surface area (Å²) in [4.78, 5) is 18.9. The van der Waals surface area contributed by atoms with E-state index in [1.54, 1.807) is 4.68 Å². The highest BCUT2D eigenvalue weighted by Gasteiger charge is 2.34. The number of hydrogen-bond donors (Lipinski definition) is 2. The Balaban J connectivity index is 1.31. The van der Waals surface area contributed by atoms with E-state index in [0.29, 0.717) is 39.8 Å². The van der Waals surface area contributed by atoms with Crippen molar-refractivity contribution in [3.8, 4) is 5.75 Å². The molecule has 0 saturated heterocycles. The third-order valence-corrected chi connectivity index (χ3v) is 10.0. The summed E-state index contributed by atoms with van der Waals surface area (Å²) in [7, 11) is 0. The summed E-state index contributed by atoms with van der Waals surface area (Å²) in [5.74, 6) is 1.73. The summed E-state index contributed by atoms with van der Waals surface area (Å²) in [5.41, 5.74) is 11.0. The number of thioether (sulfide) groups is 1. The number of ether oxygens (including phenoxy) is 1. The van der Waals surface area contributed by atoms with E-state index < -0.39 is 6.04 Å². The number of rotatable bonds is 9. The first-order valence-corrected chi connectivity index (χ1v) is 16.9. The number of carbonyl (C=O) groups excluding carboxylic acids is 1. The minimum Gasteiger partial charge on any atom is -0.489 e. The summed E-state index contributed by atoms with van der Waals surface area (Å²) in [6.07, 6.45) is 0. The third-order valence-electron chi connectivity index (χ3n) is 8.79. The lowest BCUT2D eigenvalue weighted by molar-refractivity contribution is -0.113. The predicted octanol–water partition coefficient (Wildman–Crippen LogP) is 9.27. The highest BCUT2D eigenvalue weighted by molar-refractivity contribution is 7.98. The van der Waals surface area contributed by atoms with Crippen LogP contribution in [0.1, 0.15) is 57.5 Å². The summed E-state index contributed by atoms with van der Waals surface area (Å²) in [6, 6.07) is 25.4. The Morgan fingerprint density at radius 2 is 1.64 bits per heavy atom. The number of benzene rings is 4. The van der Waals surface area contributed by atoms with Crippen LogP contribution in [-0.2, 0) is 17.2 Å². The number of aromatic nitrogens is 3. The van der Waals surface area contributed by atoms with Crippen LogP contribution >= 0.6 is 23.4 Å². The van der Waals surface area contributed by atoms with Gasteiger partial charge in [-0.05, 0) is 110 Å². The fourth-order valence-electron chi connectivity index (χ4n) is 5.71. The van der Waals surface area contributed by atoms with Gasteiger partial charge < -0.3 is 15.4 Å². The van der Waals surface area contributed by atoms with Gasteiger partial charge in [0.25, 0.3) is 5.91 Å². The maximum atomic E-state index is 14.1. The molecule has 1 aromatic heterocycles. The molecule has 0 bridgehead atoms. The number of nitrogens with zero attached hydrogens (tertiary/aromatic N) is 3. The molecule has 1 atom stereocenters. The summed E-state index contributed by atoms with van der Waals surface area (Å²) >= 11 is 7.91. The van der Waals surface area contributed by atoms with Crippen LogP contribution in [0.25, 0.3) is 0 Å². The molecule has 9 heteroatoms. The number of anilines is 2. The van der Waals surface area contributed by atoms with Gasteiger partial charge in [-0.25, -0.2) is 4.68 Å². The molecule has 47 heavy (non-hydrogen) atoms. The SMILES string of the molecule is CC1=C(C(=O)Nc2cccc(C)c2C)C(c2ccc(OCc3cc(C)c(C)cc3C)cc2)n2nc(SCc3ccccc3Cl)nc2N1. The van der Waals surface area contributed by atoms with Crippen molar-refractivity contribution in [2.45, 2.75) is 65.1 Å². The molecular formula is C38H38ClN5O2S. The van der Waals surface area contributed by atoms with Crippen molar-refractivity contribution in [2.24, 2.45) is 0 Å². The van der Waals surface area contributed by atoms with Gasteiger partial charge >= 0.3 is 0 Å². The van der Waals surface area contributed by atoms with Crippen LogP contribution < -0.4 is 15.4 Å². The Labute approximate surface area is 285 Å². The quantitative estimate of drug-likeness (QED) is 0.153. The van der Waals surface area contributed by atoms with Crippen molar-refractivity contribution in [3.05, 3.63) is 140 Å². The van der Waals surface area contributed by atoms with Crippen molar-refractivity contribution in [3.63, 3.8) is 0 Å². The molecule has 5 aromatic rings. The first-order chi connectivity index (χ1) is 22.6. The van der Waals surface area contributed by atoms with Crippen molar-refractivity contribution in [1.82, 2.24) is 14.8 Å². The van der Waals surface area contributed by atoms with E-state index in [1.807, 2.05) is 87.5 Å². The molecule has 240 valence electrons. The highest BCUT2D eigenvalue weighted by Crippen LogP contribution is 2.38. The van der Waals surface area contributed by atoms with Gasteiger partial charge in [-0.1, -0.05) is 78.0 Å². The highest BCUT2D eigenvalue weighted by atomic mass is 35.5. The normalized spacial score (nSPS) is 14.1. The monoisotopic (exact) mass is 663 g/mol. The van der Waals surface area contributed by atoms with Gasteiger partial charge in [0.2, 0.25) is 11.1 Å². The maximum absolute atomic E-state index is 14.1. The summed E-state index contributed by atoms with van der Waals surface area (Å²) < 4.78 is 8.01. The first-order valence-electron chi connectivity index (χ1n) is 15.6. The van der Waals surface area contributed by atoms with Gasteiger partial charge in [-0.15, -0.1) is 5.10 Å². The molecule has 1 aliphatic rings. The lowest BCUT2D eigenvalue weighted by atomic mass is 9.94. The summed E-state index contributed by atoms with van der Waals surface area (Å²) in [5, 5.41) is 12.7. The molecule has 0 aliphatic carbocycles. The number of aryl methyl sites for hydroxylation is 4. The van der Waals surface area contributed by atoms with Crippen molar-refractivity contribution < 1.29 is 9.53 Å². The molecule has 1 amide bonds. The van der Waals surface area contributed by atoms with Gasteiger partial charge in [0.05, 0.1) is 5.57 Å². The zero-order valence-electron chi connectivity index (χ0n) is 27.4. The topological polar surface area (TPSA) is 81.1 Å². The molecular weight excluding hydrogens is 626 g/mol. The number of hydrogen-bond acceptors (Lipinski definition) is 6. The zero-order valence-corrected chi connectivity index (χ0v) is 29.0. The predicted molar refractivity (Wildman–Crippen MR) is 191 cm³/mol. The van der Waals surface area contributed by atoms with E-state index in [-0.39, 0.29) is 5.91 Å². The molecule has 7 nitrogen and oxygen atoms in total. The van der Waals surface area contributed by atoms with Crippen molar-refractivity contribution in [1.29, 1.82) is 0 Å². The van der Waals surface area contributed by atoms with Gasteiger partial charge in [-0.2, -0.15) is 4.98 Å². The smallest absolute Gasteiger partial charge is 0.255 e. The van der Waals surface area contributed by atoms with Gasteiger partial charge in [0.1, 0.15) is 18.4 Å². The second kappa shape index (κ2) is 13.7. The van der Waals surface area contributed by atoms with Crippen LogP contribution in [0.4, 0.5) is 11.6 Å². The van der Waals surface area contributed by atoms with Crippen LogP contribution in [0.5, 0.6) is 5.75 Å². The second-order valence-corrected chi connectivity index (χ2v) is 13.4. The third kappa shape index (κ3) is 6.94. The van der Waals surface area contributed by atoms with E-state index in [2.05, 4.69) is 43.5 Å². The van der Waals surface area contributed by atoms with Crippen LogP contribution in [0.2, 0.25) is 5.02 Å². The average molecular weight is 664 g/mol.